The lowest BCUT2D eigenvalue weighted by molar-refractivity contribution is -0.131. The third-order valence-electron chi connectivity index (χ3n) is 7.05. The number of hydroxylamine groups is 1. The van der Waals surface area contributed by atoms with Gasteiger partial charge in [0.25, 0.3) is 0 Å². The molecule has 10 heteroatoms. The smallest absolute Gasteiger partial charge is 0.243 e. The van der Waals surface area contributed by atoms with Crippen molar-refractivity contribution in [2.24, 2.45) is 0 Å². The van der Waals surface area contributed by atoms with Gasteiger partial charge in [-0.15, -0.1) is 0 Å². The van der Waals surface area contributed by atoms with Crippen molar-refractivity contribution in [3.8, 4) is 17.1 Å². The number of hydrogen-bond donors (Lipinski definition) is 3. The van der Waals surface area contributed by atoms with Crippen LogP contribution in [0.3, 0.4) is 0 Å². The maximum Gasteiger partial charge on any atom is 0.243 e. The lowest BCUT2D eigenvalue weighted by Gasteiger charge is -2.33. The molecule has 0 radical (unpaired) electrons. The maximum absolute atomic E-state index is 11.6. The van der Waals surface area contributed by atoms with E-state index in [9.17, 15) is 4.79 Å². The van der Waals surface area contributed by atoms with Crippen molar-refractivity contribution in [2.75, 3.05) is 32.6 Å². The minimum atomic E-state index is -0.148. The fourth-order valence-corrected chi connectivity index (χ4v) is 5.08. The number of amides is 1. The third-order valence-corrected chi connectivity index (χ3v) is 7.34. The molecule has 1 aliphatic heterocycles. The molecule has 1 aliphatic rings. The molecule has 1 amide bonds. The molecule has 2 aromatic carbocycles. The van der Waals surface area contributed by atoms with Gasteiger partial charge in [0.05, 0.1) is 31.1 Å². The summed E-state index contributed by atoms with van der Waals surface area (Å²) in [5.74, 6) is 1.45. The van der Waals surface area contributed by atoms with E-state index in [0.717, 1.165) is 66.4 Å². The van der Waals surface area contributed by atoms with Crippen molar-refractivity contribution in [1.29, 1.82) is 0 Å². The number of hydrogen-bond acceptors (Lipinski definition) is 7. The van der Waals surface area contributed by atoms with Gasteiger partial charge in [0.15, 0.2) is 5.65 Å². The van der Waals surface area contributed by atoms with Gasteiger partial charge in [0, 0.05) is 37.7 Å². The first kappa shape index (κ1) is 26.9. The molecule has 4 aromatic rings. The molecule has 3 heterocycles. The second-order valence-electron chi connectivity index (χ2n) is 9.73. The van der Waals surface area contributed by atoms with Crippen molar-refractivity contribution >= 4 is 34.4 Å². The van der Waals surface area contributed by atoms with Crippen molar-refractivity contribution in [1.82, 2.24) is 25.3 Å². The Labute approximate surface area is 232 Å². The summed E-state index contributed by atoms with van der Waals surface area (Å²) < 4.78 is 5.26. The summed E-state index contributed by atoms with van der Waals surface area (Å²) in [5.41, 5.74) is 7.86. The van der Waals surface area contributed by atoms with Crippen LogP contribution in [0.1, 0.15) is 30.4 Å². The van der Waals surface area contributed by atoms with Gasteiger partial charge >= 0.3 is 0 Å². The average molecular weight is 549 g/mol. The fourth-order valence-electron chi connectivity index (χ4n) is 4.89. The molecule has 0 unspecified atom stereocenters. The van der Waals surface area contributed by atoms with Gasteiger partial charge in [0.1, 0.15) is 17.1 Å². The zero-order valence-electron chi connectivity index (χ0n) is 22.2. The van der Waals surface area contributed by atoms with Gasteiger partial charge in [-0.05, 0) is 42.5 Å². The lowest BCUT2D eigenvalue weighted by atomic mass is 10.0. The second-order valence-corrected chi connectivity index (χ2v) is 10.1. The van der Waals surface area contributed by atoms with Crippen LogP contribution in [0.4, 0.5) is 5.69 Å². The summed E-state index contributed by atoms with van der Waals surface area (Å²) in [4.78, 5) is 31.4. The van der Waals surface area contributed by atoms with Gasteiger partial charge in [-0.25, -0.2) is 15.4 Å². The number of imidazole rings is 1. The number of anilines is 1. The standard InChI is InChI=1S/C29H33ClN6O3/c1-38-23-10-5-20(6-11-23)18-36-15-13-22(14-16-36)32-26-24(30)17-31-29-27(26)33-28(34-29)21-8-3-19(4-9-21)7-12-25(37)35-39-2/h3-6,8-11,17,22H,7,12-16,18H2,1-2H3,(H,35,37)(H2,31,32,33,34). The SMILES string of the molecule is CONC(=O)CCc1ccc(-c2nc3c(NC4CCN(Cc5ccc(OC)cc5)CC4)c(Cl)cnc3[nH]2)cc1. The summed E-state index contributed by atoms with van der Waals surface area (Å²) in [5, 5.41) is 4.22. The molecule has 39 heavy (non-hydrogen) atoms. The quantitative estimate of drug-likeness (QED) is 0.240. The number of benzene rings is 2. The Hall–Kier alpha value is -3.66. The topological polar surface area (TPSA) is 104 Å². The van der Waals surface area contributed by atoms with Crippen LogP contribution in [0, 0.1) is 0 Å². The minimum Gasteiger partial charge on any atom is -0.497 e. The molecule has 5 rings (SSSR count). The number of rotatable bonds is 10. The van der Waals surface area contributed by atoms with Crippen LogP contribution in [0.15, 0.2) is 54.7 Å². The zero-order chi connectivity index (χ0) is 27.2. The largest absolute Gasteiger partial charge is 0.497 e. The van der Waals surface area contributed by atoms with Crippen molar-refractivity contribution in [3.63, 3.8) is 0 Å². The van der Waals surface area contributed by atoms with E-state index in [1.54, 1.807) is 13.3 Å². The lowest BCUT2D eigenvalue weighted by Crippen LogP contribution is -2.38. The first-order chi connectivity index (χ1) is 19.0. The number of carbonyl (C=O) groups excluding carboxylic acids is 1. The summed E-state index contributed by atoms with van der Waals surface area (Å²) in [7, 11) is 3.11. The third kappa shape index (κ3) is 6.68. The van der Waals surface area contributed by atoms with E-state index >= 15 is 0 Å². The summed E-state index contributed by atoms with van der Waals surface area (Å²) >= 11 is 6.60. The Kier molecular flexibility index (Phi) is 8.61. The summed E-state index contributed by atoms with van der Waals surface area (Å²) in [6, 6.07) is 16.6. The molecular formula is C29H33ClN6O3. The first-order valence-corrected chi connectivity index (χ1v) is 13.5. The number of H-pyrrole nitrogens is 1. The Morgan fingerprint density at radius 1 is 1.08 bits per heavy atom. The van der Waals surface area contributed by atoms with Gasteiger partial charge in [-0.1, -0.05) is 48.0 Å². The Balaban J connectivity index is 1.22. The van der Waals surface area contributed by atoms with E-state index in [4.69, 9.17) is 21.3 Å². The molecule has 204 valence electrons. The fraction of sp³-hybridized carbons (Fsp3) is 0.345. The molecule has 3 N–H and O–H groups in total. The van der Waals surface area contributed by atoms with E-state index in [-0.39, 0.29) is 5.91 Å². The van der Waals surface area contributed by atoms with Gasteiger partial charge in [-0.2, -0.15) is 0 Å². The highest BCUT2D eigenvalue weighted by molar-refractivity contribution is 6.34. The Morgan fingerprint density at radius 3 is 2.49 bits per heavy atom. The van der Waals surface area contributed by atoms with Crippen molar-refractivity contribution in [3.05, 3.63) is 70.9 Å². The molecular weight excluding hydrogens is 516 g/mol. The Bertz CT molecular complexity index is 1400. The van der Waals surface area contributed by atoms with Gasteiger partial charge in [0.2, 0.25) is 5.91 Å². The monoisotopic (exact) mass is 548 g/mol. The van der Waals surface area contributed by atoms with E-state index in [2.05, 4.69) is 42.6 Å². The van der Waals surface area contributed by atoms with Crippen LogP contribution < -0.4 is 15.5 Å². The average Bonchev–Trinajstić information content (AvgIpc) is 3.40. The molecule has 0 atom stereocenters. The van der Waals surface area contributed by atoms with E-state index in [1.165, 1.54) is 12.7 Å². The molecule has 0 bridgehead atoms. The van der Waals surface area contributed by atoms with Crippen LogP contribution in [-0.4, -0.2) is 59.1 Å². The summed E-state index contributed by atoms with van der Waals surface area (Å²) in [6.45, 7) is 2.93. The molecule has 0 aliphatic carbocycles. The molecule has 2 aromatic heterocycles. The van der Waals surface area contributed by atoms with Gasteiger partial charge < -0.3 is 15.0 Å². The van der Waals surface area contributed by atoms with Crippen LogP contribution >= 0.6 is 11.6 Å². The van der Waals surface area contributed by atoms with Crippen molar-refractivity contribution in [2.45, 2.75) is 38.3 Å². The van der Waals surface area contributed by atoms with Crippen molar-refractivity contribution < 1.29 is 14.4 Å². The summed E-state index contributed by atoms with van der Waals surface area (Å²) in [6.07, 6.45) is 4.67. The molecule has 9 nitrogen and oxygen atoms in total. The number of likely N-dealkylation sites (tertiary alicyclic amines) is 1. The van der Waals surface area contributed by atoms with E-state index in [0.29, 0.717) is 29.6 Å². The number of nitrogens with zero attached hydrogens (tertiary/aromatic N) is 3. The predicted molar refractivity (Wildman–Crippen MR) is 153 cm³/mol. The first-order valence-electron chi connectivity index (χ1n) is 13.1. The van der Waals surface area contributed by atoms with Crippen LogP contribution in [0.2, 0.25) is 5.02 Å². The number of pyridine rings is 1. The van der Waals surface area contributed by atoms with E-state index in [1.807, 2.05) is 36.4 Å². The molecule has 1 fully saturated rings. The number of ether oxygens (including phenoxy) is 1. The normalized spacial score (nSPS) is 14.4. The number of carbonyl (C=O) groups is 1. The maximum atomic E-state index is 11.6. The number of fused-ring (bicyclic) bond motifs is 1. The highest BCUT2D eigenvalue weighted by atomic mass is 35.5. The minimum absolute atomic E-state index is 0.148. The number of aromatic amines is 1. The highest BCUT2D eigenvalue weighted by Crippen LogP contribution is 2.32. The van der Waals surface area contributed by atoms with Gasteiger partial charge in [-0.3, -0.25) is 14.5 Å². The molecule has 0 saturated carbocycles. The van der Waals surface area contributed by atoms with Crippen LogP contribution in [-0.2, 0) is 22.6 Å². The van der Waals surface area contributed by atoms with Crippen LogP contribution in [0.5, 0.6) is 5.75 Å². The number of nitrogens with one attached hydrogen (secondary N) is 3. The number of halogens is 1. The number of methoxy groups -OCH3 is 1. The Morgan fingerprint density at radius 2 is 1.79 bits per heavy atom. The molecule has 1 saturated heterocycles. The van der Waals surface area contributed by atoms with Crippen LogP contribution in [0.25, 0.3) is 22.6 Å². The number of piperidine rings is 1. The highest BCUT2D eigenvalue weighted by Gasteiger charge is 2.22. The predicted octanol–water partition coefficient (Wildman–Crippen LogP) is 4.97. The number of aromatic nitrogens is 3. The zero-order valence-corrected chi connectivity index (χ0v) is 22.9. The number of aryl methyl sites for hydroxylation is 1. The van der Waals surface area contributed by atoms with E-state index < -0.39 is 0 Å². The molecule has 0 spiro atoms. The second kappa shape index (κ2) is 12.5.